The predicted molar refractivity (Wildman–Crippen MR) is 111 cm³/mol. The highest BCUT2D eigenvalue weighted by Gasteiger charge is 2.29. The van der Waals surface area contributed by atoms with Crippen molar-refractivity contribution < 1.29 is 0 Å². The van der Waals surface area contributed by atoms with Crippen LogP contribution in [0.4, 0.5) is 5.82 Å². The van der Waals surface area contributed by atoms with Crippen LogP contribution in [0.25, 0.3) is 0 Å². The molecule has 2 aromatic rings. The minimum absolute atomic E-state index is 0.413. The monoisotopic (exact) mass is 410 g/mol. The summed E-state index contributed by atoms with van der Waals surface area (Å²) in [6, 6.07) is 6.02. The van der Waals surface area contributed by atoms with Gasteiger partial charge in [-0.15, -0.1) is 0 Å². The van der Waals surface area contributed by atoms with Crippen LogP contribution in [0, 0.1) is 18.8 Å². The maximum atomic E-state index is 6.28. The van der Waals surface area contributed by atoms with Gasteiger partial charge in [0.05, 0.1) is 21.9 Å². The molecule has 1 aromatic carbocycles. The molecule has 1 saturated heterocycles. The van der Waals surface area contributed by atoms with Gasteiger partial charge in [-0.1, -0.05) is 61.3 Å². The first kappa shape index (κ1) is 19.7. The van der Waals surface area contributed by atoms with Crippen molar-refractivity contribution in [2.75, 3.05) is 18.4 Å². The van der Waals surface area contributed by atoms with E-state index in [1.807, 2.05) is 25.3 Å². The largest absolute Gasteiger partial charge is 0.365 e. The quantitative estimate of drug-likeness (QED) is 0.700. The molecule has 0 spiro atoms. The van der Waals surface area contributed by atoms with Crippen molar-refractivity contribution in [2.45, 2.75) is 43.2 Å². The number of piperidine rings is 1. The van der Waals surface area contributed by atoms with E-state index < -0.39 is 0 Å². The molecule has 1 aliphatic heterocycles. The molecular formula is C19H24Cl2N4S. The lowest BCUT2D eigenvalue weighted by atomic mass is 9.84. The average Bonchev–Trinajstić information content (AvgIpc) is 2.62. The zero-order valence-corrected chi connectivity index (χ0v) is 17.5. The van der Waals surface area contributed by atoms with Gasteiger partial charge < -0.3 is 10.6 Å². The second-order valence-corrected chi connectivity index (χ2v) is 8.59. The first-order chi connectivity index (χ1) is 12.5. The number of aryl methyl sites for hydroxylation is 1. The Morgan fingerprint density at radius 1 is 1.31 bits per heavy atom. The lowest BCUT2D eigenvalue weighted by Gasteiger charge is -2.37. The van der Waals surface area contributed by atoms with E-state index in [4.69, 9.17) is 28.2 Å². The third kappa shape index (κ3) is 4.45. The number of nitrogens with zero attached hydrogens (tertiary/aromatic N) is 2. The fraction of sp³-hybridized carbons (Fsp3) is 0.474. The molecule has 0 radical (unpaired) electrons. The van der Waals surface area contributed by atoms with Gasteiger partial charge in [-0.25, -0.2) is 9.97 Å². The lowest BCUT2D eigenvalue weighted by molar-refractivity contribution is 0.264. The summed E-state index contributed by atoms with van der Waals surface area (Å²) < 4.78 is 0. The van der Waals surface area contributed by atoms with E-state index in [-0.39, 0.29) is 0 Å². The van der Waals surface area contributed by atoms with Crippen LogP contribution in [0.1, 0.15) is 26.0 Å². The van der Waals surface area contributed by atoms with Crippen molar-refractivity contribution in [1.29, 1.82) is 0 Å². The molecule has 2 heterocycles. The Balaban J connectivity index is 1.76. The van der Waals surface area contributed by atoms with E-state index in [9.17, 15) is 0 Å². The second kappa shape index (κ2) is 8.79. The summed E-state index contributed by atoms with van der Waals surface area (Å²) in [6.45, 7) is 8.57. The average molecular weight is 411 g/mol. The van der Waals surface area contributed by atoms with Crippen LogP contribution >= 0.6 is 35.0 Å². The SMILES string of the molecule is CCC1CNCC(C)C1Nc1cnc(Sc2cccc(Cl)c2Cl)c(C)n1. The molecule has 140 valence electrons. The second-order valence-electron chi connectivity index (χ2n) is 6.77. The summed E-state index contributed by atoms with van der Waals surface area (Å²) >= 11 is 13.9. The first-order valence-corrected chi connectivity index (χ1v) is 10.5. The normalized spacial score (nSPS) is 23.0. The summed E-state index contributed by atoms with van der Waals surface area (Å²) in [5.41, 5.74) is 0.880. The highest BCUT2D eigenvalue weighted by atomic mass is 35.5. The Morgan fingerprint density at radius 2 is 2.12 bits per heavy atom. The van der Waals surface area contributed by atoms with Crippen LogP contribution in [0.5, 0.6) is 0 Å². The van der Waals surface area contributed by atoms with Crippen LogP contribution in [0.15, 0.2) is 34.3 Å². The number of rotatable bonds is 5. The Labute approximate surface area is 169 Å². The smallest absolute Gasteiger partial charge is 0.145 e. The molecule has 1 aliphatic rings. The Morgan fingerprint density at radius 3 is 2.85 bits per heavy atom. The zero-order valence-electron chi connectivity index (χ0n) is 15.2. The standard InChI is InChI=1S/C19H24Cl2N4S/c1-4-13-9-22-8-11(2)18(13)25-16-10-23-19(12(3)24-16)26-15-7-5-6-14(20)17(15)21/h5-7,10-11,13,18,22H,4,8-9H2,1-3H3,(H,24,25). The van der Waals surface area contributed by atoms with Gasteiger partial charge in [-0.3, -0.25) is 0 Å². The van der Waals surface area contributed by atoms with Crippen molar-refractivity contribution in [3.8, 4) is 0 Å². The van der Waals surface area contributed by atoms with Gasteiger partial charge in [0.2, 0.25) is 0 Å². The molecule has 4 nitrogen and oxygen atoms in total. The molecule has 1 fully saturated rings. The molecule has 3 atom stereocenters. The topological polar surface area (TPSA) is 49.8 Å². The minimum atomic E-state index is 0.413. The number of nitrogens with one attached hydrogen (secondary N) is 2. The number of anilines is 1. The summed E-state index contributed by atoms with van der Waals surface area (Å²) in [7, 11) is 0. The van der Waals surface area contributed by atoms with Gasteiger partial charge in [0.15, 0.2) is 0 Å². The van der Waals surface area contributed by atoms with Crippen molar-refractivity contribution in [2.24, 2.45) is 11.8 Å². The number of aromatic nitrogens is 2. The molecule has 3 unspecified atom stereocenters. The van der Waals surface area contributed by atoms with Crippen molar-refractivity contribution >= 4 is 40.8 Å². The zero-order chi connectivity index (χ0) is 18.7. The predicted octanol–water partition coefficient (Wildman–Crippen LogP) is 5.29. The molecular weight excluding hydrogens is 387 g/mol. The summed E-state index contributed by atoms with van der Waals surface area (Å²) in [5.74, 6) is 1.98. The number of hydrogen-bond acceptors (Lipinski definition) is 5. The molecule has 0 amide bonds. The van der Waals surface area contributed by atoms with E-state index in [2.05, 4.69) is 29.5 Å². The summed E-state index contributed by atoms with van der Waals surface area (Å²) in [6.07, 6.45) is 2.96. The van der Waals surface area contributed by atoms with Crippen molar-refractivity contribution in [1.82, 2.24) is 15.3 Å². The van der Waals surface area contributed by atoms with Gasteiger partial charge in [-0.2, -0.15) is 0 Å². The molecule has 7 heteroatoms. The van der Waals surface area contributed by atoms with Crippen LogP contribution in [0.3, 0.4) is 0 Å². The molecule has 0 aliphatic carbocycles. The van der Waals surface area contributed by atoms with Crippen LogP contribution < -0.4 is 10.6 Å². The lowest BCUT2D eigenvalue weighted by Crippen LogP contribution is -2.49. The highest BCUT2D eigenvalue weighted by molar-refractivity contribution is 7.99. The van der Waals surface area contributed by atoms with E-state index in [1.165, 1.54) is 11.8 Å². The van der Waals surface area contributed by atoms with E-state index in [1.54, 1.807) is 6.07 Å². The van der Waals surface area contributed by atoms with E-state index in [0.717, 1.165) is 40.9 Å². The van der Waals surface area contributed by atoms with Crippen molar-refractivity contribution in [3.63, 3.8) is 0 Å². The van der Waals surface area contributed by atoms with Crippen LogP contribution in [-0.2, 0) is 0 Å². The third-order valence-corrected chi connectivity index (χ3v) is 6.94. The Hall–Kier alpha value is -1.01. The molecule has 0 saturated carbocycles. The first-order valence-electron chi connectivity index (χ1n) is 8.92. The molecule has 1 aromatic heterocycles. The highest BCUT2D eigenvalue weighted by Crippen LogP contribution is 2.37. The molecule has 26 heavy (non-hydrogen) atoms. The minimum Gasteiger partial charge on any atom is -0.365 e. The number of halogens is 2. The van der Waals surface area contributed by atoms with Crippen LogP contribution in [-0.4, -0.2) is 29.1 Å². The fourth-order valence-electron chi connectivity index (χ4n) is 3.35. The van der Waals surface area contributed by atoms with Gasteiger partial charge in [0.1, 0.15) is 10.8 Å². The van der Waals surface area contributed by atoms with Gasteiger partial charge in [0, 0.05) is 10.9 Å². The Bertz CT molecular complexity index is 771. The van der Waals surface area contributed by atoms with E-state index >= 15 is 0 Å². The molecule has 3 rings (SSSR count). The molecule has 0 bridgehead atoms. The summed E-state index contributed by atoms with van der Waals surface area (Å²) in [5, 5.41) is 9.06. The maximum Gasteiger partial charge on any atom is 0.145 e. The van der Waals surface area contributed by atoms with Crippen LogP contribution in [0.2, 0.25) is 10.0 Å². The number of benzene rings is 1. The van der Waals surface area contributed by atoms with Crippen molar-refractivity contribution in [3.05, 3.63) is 40.1 Å². The maximum absolute atomic E-state index is 6.28. The van der Waals surface area contributed by atoms with Gasteiger partial charge in [-0.05, 0) is 44.0 Å². The molecule has 2 N–H and O–H groups in total. The summed E-state index contributed by atoms with van der Waals surface area (Å²) in [4.78, 5) is 10.2. The Kier molecular flexibility index (Phi) is 6.67. The van der Waals surface area contributed by atoms with Gasteiger partial charge in [0.25, 0.3) is 0 Å². The van der Waals surface area contributed by atoms with Gasteiger partial charge >= 0.3 is 0 Å². The fourth-order valence-corrected chi connectivity index (χ4v) is 4.68. The third-order valence-electron chi connectivity index (χ3n) is 4.86. The van der Waals surface area contributed by atoms with E-state index in [0.29, 0.717) is 27.9 Å². The number of hydrogen-bond donors (Lipinski definition) is 2.